The maximum absolute atomic E-state index is 6.36. The normalized spacial score (nSPS) is 12.1. The molecule has 106 valence electrons. The lowest BCUT2D eigenvalue weighted by atomic mass is 10.1. The van der Waals surface area contributed by atoms with Crippen LogP contribution in [-0.4, -0.2) is 14.2 Å². The van der Waals surface area contributed by atoms with E-state index in [1.54, 1.807) is 7.11 Å². The zero-order valence-electron chi connectivity index (χ0n) is 11.9. The van der Waals surface area contributed by atoms with Gasteiger partial charge in [0, 0.05) is 24.8 Å². The highest BCUT2D eigenvalue weighted by Crippen LogP contribution is 2.33. The molecule has 0 fully saturated rings. The molecule has 0 bridgehead atoms. The van der Waals surface area contributed by atoms with Crippen molar-refractivity contribution in [1.82, 2.24) is 0 Å². The Kier molecular flexibility index (Phi) is 4.53. The number of benzene rings is 2. The molecule has 0 spiro atoms. The molecule has 2 N–H and O–H groups in total. The van der Waals surface area contributed by atoms with Gasteiger partial charge in [0.15, 0.2) is 0 Å². The van der Waals surface area contributed by atoms with Crippen LogP contribution in [0.1, 0.15) is 18.5 Å². The Labute approximate surface area is 124 Å². The van der Waals surface area contributed by atoms with Crippen LogP contribution < -0.4 is 15.4 Å². The van der Waals surface area contributed by atoms with Crippen LogP contribution in [0.25, 0.3) is 0 Å². The number of hydrogen-bond donors (Lipinski definition) is 1. The van der Waals surface area contributed by atoms with Gasteiger partial charge in [-0.25, -0.2) is 0 Å². The fourth-order valence-corrected chi connectivity index (χ4v) is 2.35. The summed E-state index contributed by atoms with van der Waals surface area (Å²) < 4.78 is 5.25. The number of nitrogens with zero attached hydrogens (tertiary/aromatic N) is 1. The Bertz CT molecular complexity index is 599. The summed E-state index contributed by atoms with van der Waals surface area (Å²) in [4.78, 5) is 2.02. The number of anilines is 2. The molecular formula is C16H19ClN2O. The molecule has 2 rings (SSSR count). The van der Waals surface area contributed by atoms with Crippen LogP contribution in [0, 0.1) is 0 Å². The lowest BCUT2D eigenvalue weighted by Gasteiger charge is -2.22. The molecule has 0 radical (unpaired) electrons. The van der Waals surface area contributed by atoms with Gasteiger partial charge in [-0.1, -0.05) is 23.7 Å². The standard InChI is InChI=1S/C16H19ClN2O/c1-11(18)12-7-8-16(15(17)9-12)19(2)13-5-4-6-14(10-13)20-3/h4-11H,18H2,1-3H3/t11-/m0/s1. The van der Waals surface area contributed by atoms with Gasteiger partial charge in [-0.15, -0.1) is 0 Å². The second-order valence-corrected chi connectivity index (χ2v) is 5.17. The minimum absolute atomic E-state index is 0.0244. The van der Waals surface area contributed by atoms with E-state index in [0.717, 1.165) is 22.7 Å². The first-order chi connectivity index (χ1) is 9.52. The third-order valence-corrected chi connectivity index (χ3v) is 3.60. The second kappa shape index (κ2) is 6.16. The molecule has 2 aromatic carbocycles. The van der Waals surface area contributed by atoms with Crippen LogP contribution in [0.2, 0.25) is 5.02 Å². The maximum atomic E-state index is 6.36. The van der Waals surface area contributed by atoms with E-state index < -0.39 is 0 Å². The molecule has 4 heteroatoms. The van der Waals surface area contributed by atoms with Gasteiger partial charge in [0.2, 0.25) is 0 Å². The summed E-state index contributed by atoms with van der Waals surface area (Å²) in [5.41, 5.74) is 8.84. The van der Waals surface area contributed by atoms with Gasteiger partial charge in [0.25, 0.3) is 0 Å². The van der Waals surface area contributed by atoms with Crippen molar-refractivity contribution >= 4 is 23.0 Å². The summed E-state index contributed by atoms with van der Waals surface area (Å²) >= 11 is 6.36. The van der Waals surface area contributed by atoms with E-state index in [0.29, 0.717) is 5.02 Å². The van der Waals surface area contributed by atoms with Crippen molar-refractivity contribution in [2.24, 2.45) is 5.73 Å². The zero-order chi connectivity index (χ0) is 14.7. The van der Waals surface area contributed by atoms with E-state index in [4.69, 9.17) is 22.1 Å². The van der Waals surface area contributed by atoms with Crippen molar-refractivity contribution in [2.75, 3.05) is 19.1 Å². The zero-order valence-corrected chi connectivity index (χ0v) is 12.7. The predicted octanol–water partition coefficient (Wildman–Crippen LogP) is 4.14. The second-order valence-electron chi connectivity index (χ2n) is 4.76. The van der Waals surface area contributed by atoms with Crippen LogP contribution in [0.5, 0.6) is 5.75 Å². The van der Waals surface area contributed by atoms with E-state index in [-0.39, 0.29) is 6.04 Å². The monoisotopic (exact) mass is 290 g/mol. The molecule has 0 heterocycles. The molecule has 0 saturated carbocycles. The van der Waals surface area contributed by atoms with Crippen LogP contribution in [0.4, 0.5) is 11.4 Å². The molecule has 3 nitrogen and oxygen atoms in total. The van der Waals surface area contributed by atoms with Gasteiger partial charge in [-0.2, -0.15) is 0 Å². The number of nitrogens with two attached hydrogens (primary N) is 1. The summed E-state index contributed by atoms with van der Waals surface area (Å²) in [6.45, 7) is 1.94. The van der Waals surface area contributed by atoms with Gasteiger partial charge < -0.3 is 15.4 Å². The average molecular weight is 291 g/mol. The van der Waals surface area contributed by atoms with Crippen molar-refractivity contribution in [3.63, 3.8) is 0 Å². The van der Waals surface area contributed by atoms with E-state index in [1.165, 1.54) is 0 Å². The summed E-state index contributed by atoms with van der Waals surface area (Å²) in [6.07, 6.45) is 0. The number of methoxy groups -OCH3 is 1. The van der Waals surface area contributed by atoms with E-state index >= 15 is 0 Å². The molecule has 0 saturated heterocycles. The Hall–Kier alpha value is -1.71. The fourth-order valence-electron chi connectivity index (χ4n) is 2.04. The summed E-state index contributed by atoms with van der Waals surface area (Å²) in [5.74, 6) is 0.817. The molecule has 0 aliphatic rings. The first-order valence-electron chi connectivity index (χ1n) is 6.45. The molecule has 2 aromatic rings. The number of halogens is 1. The highest BCUT2D eigenvalue weighted by Gasteiger charge is 2.11. The van der Waals surface area contributed by atoms with Crippen LogP contribution >= 0.6 is 11.6 Å². The highest BCUT2D eigenvalue weighted by molar-refractivity contribution is 6.33. The first kappa shape index (κ1) is 14.7. The van der Waals surface area contributed by atoms with Crippen molar-refractivity contribution in [1.29, 1.82) is 0 Å². The quantitative estimate of drug-likeness (QED) is 0.920. The number of ether oxygens (including phenoxy) is 1. The summed E-state index contributed by atoms with van der Waals surface area (Å²) in [7, 11) is 3.63. The minimum Gasteiger partial charge on any atom is -0.497 e. The minimum atomic E-state index is -0.0244. The maximum Gasteiger partial charge on any atom is 0.120 e. The van der Waals surface area contributed by atoms with E-state index in [9.17, 15) is 0 Å². The Morgan fingerprint density at radius 1 is 1.20 bits per heavy atom. The van der Waals surface area contributed by atoms with Gasteiger partial charge in [0.05, 0.1) is 17.8 Å². The first-order valence-corrected chi connectivity index (χ1v) is 6.83. The van der Waals surface area contributed by atoms with Gasteiger partial charge in [-0.05, 0) is 36.8 Å². The molecule has 0 unspecified atom stereocenters. The Morgan fingerprint density at radius 2 is 1.95 bits per heavy atom. The van der Waals surface area contributed by atoms with Crippen LogP contribution in [0.3, 0.4) is 0 Å². The molecule has 1 atom stereocenters. The molecular weight excluding hydrogens is 272 g/mol. The largest absolute Gasteiger partial charge is 0.497 e. The SMILES string of the molecule is COc1cccc(N(C)c2ccc([C@H](C)N)cc2Cl)c1. The fraction of sp³-hybridized carbons (Fsp3) is 0.250. The van der Waals surface area contributed by atoms with Crippen molar-refractivity contribution in [3.05, 3.63) is 53.1 Å². The third kappa shape index (κ3) is 3.06. The highest BCUT2D eigenvalue weighted by atomic mass is 35.5. The number of rotatable bonds is 4. The van der Waals surface area contributed by atoms with E-state index in [2.05, 4.69) is 0 Å². The Morgan fingerprint density at radius 3 is 2.55 bits per heavy atom. The lowest BCUT2D eigenvalue weighted by molar-refractivity contribution is 0.415. The van der Waals surface area contributed by atoms with Crippen molar-refractivity contribution in [2.45, 2.75) is 13.0 Å². The Balaban J connectivity index is 2.35. The molecule has 0 aliphatic heterocycles. The molecule has 0 amide bonds. The van der Waals surface area contributed by atoms with Crippen LogP contribution in [0.15, 0.2) is 42.5 Å². The van der Waals surface area contributed by atoms with Gasteiger partial charge in [0.1, 0.15) is 5.75 Å². The summed E-state index contributed by atoms with van der Waals surface area (Å²) in [5, 5.41) is 0.685. The number of hydrogen-bond acceptors (Lipinski definition) is 3. The van der Waals surface area contributed by atoms with Crippen LogP contribution in [-0.2, 0) is 0 Å². The van der Waals surface area contributed by atoms with Gasteiger partial charge >= 0.3 is 0 Å². The summed E-state index contributed by atoms with van der Waals surface area (Å²) in [6, 6.07) is 13.7. The van der Waals surface area contributed by atoms with E-state index in [1.807, 2.05) is 61.3 Å². The lowest BCUT2D eigenvalue weighted by Crippen LogP contribution is -2.11. The predicted molar refractivity (Wildman–Crippen MR) is 85.1 cm³/mol. The molecule has 0 aliphatic carbocycles. The third-order valence-electron chi connectivity index (χ3n) is 3.30. The molecule has 20 heavy (non-hydrogen) atoms. The van der Waals surface area contributed by atoms with Gasteiger partial charge in [-0.3, -0.25) is 0 Å². The smallest absolute Gasteiger partial charge is 0.120 e. The topological polar surface area (TPSA) is 38.5 Å². The van der Waals surface area contributed by atoms with Crippen molar-refractivity contribution in [3.8, 4) is 5.75 Å². The molecule has 0 aromatic heterocycles. The average Bonchev–Trinajstić information content (AvgIpc) is 2.46. The van der Waals surface area contributed by atoms with Crippen molar-refractivity contribution < 1.29 is 4.74 Å².